The summed E-state index contributed by atoms with van der Waals surface area (Å²) >= 11 is 11.8. The predicted octanol–water partition coefficient (Wildman–Crippen LogP) is 3.33. The van der Waals surface area contributed by atoms with Crippen LogP contribution in [0.1, 0.15) is 18.6 Å². The summed E-state index contributed by atoms with van der Waals surface area (Å²) in [5, 5.41) is 0.697. The predicted molar refractivity (Wildman–Crippen MR) is 72.1 cm³/mol. The van der Waals surface area contributed by atoms with Crippen molar-refractivity contribution in [3.63, 3.8) is 0 Å². The second-order valence-electron chi connectivity index (χ2n) is 3.67. The largest absolute Gasteiger partial charge is 0.466 e. The van der Waals surface area contributed by atoms with E-state index in [4.69, 9.17) is 27.9 Å². The number of carbonyl (C=O) groups is 2. The summed E-state index contributed by atoms with van der Waals surface area (Å²) in [7, 11) is 1.21. The lowest BCUT2D eigenvalue weighted by Gasteiger charge is -2.19. The molecule has 0 heterocycles. The van der Waals surface area contributed by atoms with E-state index in [9.17, 15) is 9.59 Å². The van der Waals surface area contributed by atoms with E-state index in [1.165, 1.54) is 20.1 Å². The smallest absolute Gasteiger partial charge is 0.337 e. The third kappa shape index (κ3) is 3.98. The van der Waals surface area contributed by atoms with Gasteiger partial charge in [0.15, 0.2) is 6.10 Å². The van der Waals surface area contributed by atoms with Crippen LogP contribution in [0.5, 0.6) is 0 Å². The van der Waals surface area contributed by atoms with Crippen LogP contribution >= 0.6 is 23.2 Å². The molecule has 4 nitrogen and oxygen atoms in total. The van der Waals surface area contributed by atoms with Crippen LogP contribution in [0, 0.1) is 0 Å². The highest BCUT2D eigenvalue weighted by molar-refractivity contribution is 6.35. The average Bonchev–Trinajstić information content (AvgIpc) is 2.34. The van der Waals surface area contributed by atoms with Gasteiger partial charge in [-0.2, -0.15) is 0 Å². The van der Waals surface area contributed by atoms with E-state index < -0.39 is 18.0 Å². The van der Waals surface area contributed by atoms with Gasteiger partial charge in [0.05, 0.1) is 12.7 Å². The van der Waals surface area contributed by atoms with Gasteiger partial charge in [-0.1, -0.05) is 35.8 Å². The molecule has 0 bridgehead atoms. The van der Waals surface area contributed by atoms with Gasteiger partial charge in [-0.3, -0.25) is 4.79 Å². The number of methoxy groups -OCH3 is 1. The molecule has 0 fully saturated rings. The molecule has 0 spiro atoms. The Bertz CT molecular complexity index is 525. The van der Waals surface area contributed by atoms with Crippen molar-refractivity contribution in [2.24, 2.45) is 0 Å². The second-order valence-corrected chi connectivity index (χ2v) is 4.52. The molecule has 0 aliphatic rings. The molecule has 1 aromatic rings. The minimum absolute atomic E-state index is 0.0260. The fraction of sp³-hybridized carbons (Fsp3) is 0.231. The van der Waals surface area contributed by atoms with Gasteiger partial charge in [0.1, 0.15) is 0 Å². The molecule has 0 saturated carbocycles. The lowest BCUT2D eigenvalue weighted by Crippen LogP contribution is -2.17. The normalized spacial score (nSPS) is 11.6. The molecule has 1 unspecified atom stereocenters. The molecule has 0 aliphatic carbocycles. The SMILES string of the molecule is C=C(C(=O)OC)C(OC(C)=O)c1ccc(Cl)cc1Cl. The van der Waals surface area contributed by atoms with E-state index in [-0.39, 0.29) is 10.6 Å². The van der Waals surface area contributed by atoms with Gasteiger partial charge in [0.2, 0.25) is 0 Å². The highest BCUT2D eigenvalue weighted by Crippen LogP contribution is 2.33. The first kappa shape index (κ1) is 15.5. The summed E-state index contributed by atoms with van der Waals surface area (Å²) in [5.74, 6) is -1.25. The van der Waals surface area contributed by atoms with E-state index in [2.05, 4.69) is 11.3 Å². The van der Waals surface area contributed by atoms with Crippen molar-refractivity contribution in [3.05, 3.63) is 46.0 Å². The second kappa shape index (κ2) is 6.59. The summed E-state index contributed by atoms with van der Waals surface area (Å²) in [5.41, 5.74) is 0.388. The first-order valence-corrected chi connectivity index (χ1v) is 6.01. The first-order chi connectivity index (χ1) is 8.86. The van der Waals surface area contributed by atoms with Gasteiger partial charge in [0, 0.05) is 22.5 Å². The number of benzene rings is 1. The maximum atomic E-state index is 11.5. The van der Waals surface area contributed by atoms with Gasteiger partial charge in [-0.05, 0) is 12.1 Å². The number of rotatable bonds is 4. The van der Waals surface area contributed by atoms with Gasteiger partial charge >= 0.3 is 11.9 Å². The molecule has 1 rings (SSSR count). The summed E-state index contributed by atoms with van der Waals surface area (Å²) in [6, 6.07) is 4.62. The molecule has 0 amide bonds. The highest BCUT2D eigenvalue weighted by atomic mass is 35.5. The monoisotopic (exact) mass is 302 g/mol. The number of hydrogen-bond acceptors (Lipinski definition) is 4. The summed E-state index contributed by atoms with van der Waals surface area (Å²) in [6.45, 7) is 4.80. The zero-order valence-electron chi connectivity index (χ0n) is 10.4. The maximum Gasteiger partial charge on any atom is 0.337 e. The Morgan fingerprint density at radius 2 is 1.95 bits per heavy atom. The van der Waals surface area contributed by atoms with Crippen LogP contribution in [-0.4, -0.2) is 19.0 Å². The molecule has 19 heavy (non-hydrogen) atoms. The van der Waals surface area contributed by atoms with Gasteiger partial charge in [0.25, 0.3) is 0 Å². The number of carbonyl (C=O) groups excluding carboxylic acids is 2. The van der Waals surface area contributed by atoms with Gasteiger partial charge < -0.3 is 9.47 Å². The number of ether oxygens (including phenoxy) is 2. The zero-order chi connectivity index (χ0) is 14.6. The van der Waals surface area contributed by atoms with Crippen molar-refractivity contribution in [1.82, 2.24) is 0 Å². The van der Waals surface area contributed by atoms with E-state index in [1.807, 2.05) is 0 Å². The van der Waals surface area contributed by atoms with Crippen LogP contribution in [-0.2, 0) is 19.1 Å². The fourth-order valence-corrected chi connectivity index (χ4v) is 1.95. The quantitative estimate of drug-likeness (QED) is 0.632. The topological polar surface area (TPSA) is 52.6 Å². The molecule has 1 aromatic carbocycles. The van der Waals surface area contributed by atoms with Crippen LogP contribution < -0.4 is 0 Å². The molecular weight excluding hydrogens is 291 g/mol. The fourth-order valence-electron chi connectivity index (χ4n) is 1.44. The molecule has 0 aromatic heterocycles. The molecule has 102 valence electrons. The Balaban J connectivity index is 3.19. The van der Waals surface area contributed by atoms with Gasteiger partial charge in [-0.15, -0.1) is 0 Å². The molecular formula is C13H12Cl2O4. The van der Waals surface area contributed by atoms with E-state index in [1.54, 1.807) is 12.1 Å². The Morgan fingerprint density at radius 1 is 1.32 bits per heavy atom. The van der Waals surface area contributed by atoms with E-state index >= 15 is 0 Å². The van der Waals surface area contributed by atoms with Crippen molar-refractivity contribution < 1.29 is 19.1 Å². The summed E-state index contributed by atoms with van der Waals surface area (Å²) in [4.78, 5) is 22.6. The summed E-state index contributed by atoms with van der Waals surface area (Å²) < 4.78 is 9.64. The average molecular weight is 303 g/mol. The summed E-state index contributed by atoms with van der Waals surface area (Å²) in [6.07, 6.45) is -1.00. The van der Waals surface area contributed by atoms with E-state index in [0.717, 1.165) is 0 Å². The van der Waals surface area contributed by atoms with Crippen molar-refractivity contribution in [2.45, 2.75) is 13.0 Å². The van der Waals surface area contributed by atoms with Gasteiger partial charge in [-0.25, -0.2) is 4.79 Å². The molecule has 1 atom stereocenters. The molecule has 6 heteroatoms. The third-order valence-electron chi connectivity index (χ3n) is 2.29. The lowest BCUT2D eigenvalue weighted by molar-refractivity contribution is -0.147. The van der Waals surface area contributed by atoms with Crippen LogP contribution in [0.4, 0.5) is 0 Å². The third-order valence-corrected chi connectivity index (χ3v) is 2.86. The standard InChI is InChI=1S/C13H12Cl2O4/c1-7(13(17)18-3)12(19-8(2)16)10-5-4-9(14)6-11(10)15/h4-6,12H,1H2,2-3H3. The Morgan fingerprint density at radius 3 is 2.42 bits per heavy atom. The maximum absolute atomic E-state index is 11.5. The molecule has 0 saturated heterocycles. The minimum atomic E-state index is -1.00. The van der Waals surface area contributed by atoms with Crippen molar-refractivity contribution >= 4 is 35.1 Å². The van der Waals surface area contributed by atoms with Crippen molar-refractivity contribution in [2.75, 3.05) is 7.11 Å². The Labute approximate surface area is 120 Å². The number of hydrogen-bond donors (Lipinski definition) is 0. The molecule has 0 aliphatic heterocycles. The highest BCUT2D eigenvalue weighted by Gasteiger charge is 2.26. The van der Waals surface area contributed by atoms with Crippen LogP contribution in [0.15, 0.2) is 30.4 Å². The molecule has 0 radical (unpaired) electrons. The van der Waals surface area contributed by atoms with Crippen molar-refractivity contribution in [1.29, 1.82) is 0 Å². The van der Waals surface area contributed by atoms with Crippen LogP contribution in [0.3, 0.4) is 0 Å². The number of esters is 2. The number of halogens is 2. The van der Waals surface area contributed by atoms with E-state index in [0.29, 0.717) is 10.6 Å². The first-order valence-electron chi connectivity index (χ1n) is 5.26. The Kier molecular flexibility index (Phi) is 5.39. The Hall–Kier alpha value is -1.52. The molecule has 0 N–H and O–H groups in total. The lowest BCUT2D eigenvalue weighted by atomic mass is 10.0. The van der Waals surface area contributed by atoms with Crippen LogP contribution in [0.2, 0.25) is 10.0 Å². The minimum Gasteiger partial charge on any atom is -0.466 e. The van der Waals surface area contributed by atoms with Crippen molar-refractivity contribution in [3.8, 4) is 0 Å². The van der Waals surface area contributed by atoms with Crippen LogP contribution in [0.25, 0.3) is 0 Å². The zero-order valence-corrected chi connectivity index (χ0v) is 11.9.